The molecule has 0 aliphatic rings. The number of thiazole rings is 1. The van der Waals surface area contributed by atoms with E-state index in [0.29, 0.717) is 22.8 Å². The molecule has 0 saturated carbocycles. The van der Waals surface area contributed by atoms with E-state index in [9.17, 15) is 35.1 Å². The first kappa shape index (κ1) is 22.1. The number of pyridine rings is 2. The first-order chi connectivity index (χ1) is 15.9. The lowest BCUT2D eigenvalue weighted by atomic mass is 10.1. The fraction of sp³-hybridized carbons (Fsp3) is 0.167. The topological polar surface area (TPSA) is 82.0 Å². The molecule has 16 heteroatoms. The predicted molar refractivity (Wildman–Crippen MR) is 99.8 cm³/mol. The predicted octanol–water partition coefficient (Wildman–Crippen LogP) is 5.73. The van der Waals surface area contributed by atoms with Crippen molar-refractivity contribution < 1.29 is 39.5 Å². The number of fused-ring (bicyclic) bond motifs is 3. The third kappa shape index (κ3) is 3.44. The fourth-order valence-corrected chi connectivity index (χ4v) is 3.98. The van der Waals surface area contributed by atoms with Crippen LogP contribution in [0.1, 0.15) is 11.4 Å². The highest BCUT2D eigenvalue weighted by Crippen LogP contribution is 2.45. The zero-order chi connectivity index (χ0) is 24.5. The highest BCUT2D eigenvalue weighted by molar-refractivity contribution is 7.13. The van der Waals surface area contributed by atoms with Gasteiger partial charge in [-0.05, 0) is 18.2 Å². The van der Waals surface area contributed by atoms with Gasteiger partial charge in [-0.1, -0.05) is 0 Å². The van der Waals surface area contributed by atoms with Gasteiger partial charge in [-0.2, -0.15) is 35.1 Å². The molecule has 0 N–H and O–H groups in total. The number of halogens is 8. The summed E-state index contributed by atoms with van der Waals surface area (Å²) in [4.78, 5) is 11.1. The molecule has 0 aliphatic heterocycles. The van der Waals surface area contributed by atoms with Gasteiger partial charge in [0.05, 0.1) is 0 Å². The molecule has 176 valence electrons. The van der Waals surface area contributed by atoms with E-state index in [1.54, 1.807) is 0 Å². The van der Waals surface area contributed by atoms with Crippen LogP contribution in [0.15, 0.2) is 40.6 Å². The molecule has 0 amide bonds. The van der Waals surface area contributed by atoms with Gasteiger partial charge in [0, 0.05) is 22.5 Å². The van der Waals surface area contributed by atoms with E-state index < -0.39 is 40.3 Å². The van der Waals surface area contributed by atoms with Crippen molar-refractivity contribution in [2.75, 3.05) is 0 Å². The maximum absolute atomic E-state index is 14.3. The van der Waals surface area contributed by atoms with E-state index in [2.05, 4.69) is 25.1 Å². The molecule has 5 rings (SSSR count). The minimum Gasteiger partial charge on any atom is -0.422 e. The van der Waals surface area contributed by atoms with E-state index in [0.717, 1.165) is 10.8 Å². The second kappa shape index (κ2) is 7.15. The SMILES string of the molecule is FC(F)(F)c1csc(-c2cc(C(F)(F)C(F)(F)F)nc3c2ccc2nc(-c4nnco4)cn23)n1. The Balaban J connectivity index is 1.82. The molecule has 0 fully saturated rings. The minimum absolute atomic E-state index is 0.0354. The second-order valence-electron chi connectivity index (χ2n) is 6.83. The van der Waals surface area contributed by atoms with Crippen LogP contribution in [0.5, 0.6) is 0 Å². The molecule has 5 aromatic rings. The van der Waals surface area contributed by atoms with Crippen molar-refractivity contribution in [1.29, 1.82) is 0 Å². The van der Waals surface area contributed by atoms with Crippen LogP contribution in [0.2, 0.25) is 0 Å². The number of nitrogens with zero attached hydrogens (tertiary/aromatic N) is 6. The summed E-state index contributed by atoms with van der Waals surface area (Å²) in [5.74, 6) is -5.47. The maximum Gasteiger partial charge on any atom is 0.459 e. The average Bonchev–Trinajstić information content (AvgIpc) is 3.51. The average molecular weight is 506 g/mol. The number of aromatic nitrogens is 6. The van der Waals surface area contributed by atoms with Crippen LogP contribution < -0.4 is 0 Å². The Morgan fingerprint density at radius 1 is 0.912 bits per heavy atom. The Bertz CT molecular complexity index is 1520. The van der Waals surface area contributed by atoms with Crippen molar-refractivity contribution in [2.45, 2.75) is 18.3 Å². The summed E-state index contributed by atoms with van der Waals surface area (Å²) in [6.45, 7) is 0. The number of alkyl halides is 8. The number of rotatable bonds is 3. The molecule has 5 aromatic heterocycles. The summed E-state index contributed by atoms with van der Waals surface area (Å²) in [5.41, 5.74) is -3.71. The Morgan fingerprint density at radius 3 is 2.29 bits per heavy atom. The van der Waals surface area contributed by atoms with Crippen LogP contribution in [0.4, 0.5) is 35.1 Å². The van der Waals surface area contributed by atoms with Crippen molar-refractivity contribution in [3.8, 4) is 22.2 Å². The molecular formula is C18H6F8N6OS. The molecule has 0 unspecified atom stereocenters. The molecular weight excluding hydrogens is 500 g/mol. The van der Waals surface area contributed by atoms with Gasteiger partial charge in [0.2, 0.25) is 6.39 Å². The van der Waals surface area contributed by atoms with Crippen LogP contribution in [0, 0.1) is 0 Å². The summed E-state index contributed by atoms with van der Waals surface area (Å²) in [5, 5.41) is 7.30. The van der Waals surface area contributed by atoms with E-state index in [1.165, 1.54) is 18.3 Å². The van der Waals surface area contributed by atoms with E-state index in [1.807, 2.05) is 0 Å². The lowest BCUT2D eigenvalue weighted by Crippen LogP contribution is -2.34. The summed E-state index contributed by atoms with van der Waals surface area (Å²) in [6.07, 6.45) is -8.65. The standard InChI is InChI=1S/C18H6F8N6OS/c19-16(20,18(24,25)26)10-3-8(15-30-11(5-34-15)17(21,22)23)7-1-2-12-28-9(14-31-27-6-33-14)4-32(12)13(7)29-10/h1-6H. The minimum atomic E-state index is -6.01. The Hall–Kier alpha value is -3.69. The number of imidazole rings is 1. The first-order valence-electron chi connectivity index (χ1n) is 8.94. The van der Waals surface area contributed by atoms with Crippen molar-refractivity contribution in [2.24, 2.45) is 0 Å². The third-order valence-corrected chi connectivity index (χ3v) is 5.56. The van der Waals surface area contributed by atoms with Crippen molar-refractivity contribution in [3.05, 3.63) is 47.6 Å². The molecule has 0 radical (unpaired) electrons. The van der Waals surface area contributed by atoms with Gasteiger partial charge in [-0.3, -0.25) is 4.40 Å². The highest BCUT2D eigenvalue weighted by atomic mass is 32.1. The lowest BCUT2D eigenvalue weighted by Gasteiger charge is -2.20. The Labute approximate surface area is 185 Å². The normalized spacial score (nSPS) is 13.3. The number of hydrogen-bond donors (Lipinski definition) is 0. The summed E-state index contributed by atoms with van der Waals surface area (Å²) in [6, 6.07) is 3.03. The van der Waals surface area contributed by atoms with Crippen LogP contribution >= 0.6 is 11.3 Å². The molecule has 5 heterocycles. The molecule has 0 bridgehead atoms. The van der Waals surface area contributed by atoms with Crippen molar-refractivity contribution >= 4 is 28.0 Å². The van der Waals surface area contributed by atoms with Gasteiger partial charge in [0.1, 0.15) is 27.7 Å². The van der Waals surface area contributed by atoms with Crippen LogP contribution in [-0.2, 0) is 12.1 Å². The second-order valence-corrected chi connectivity index (χ2v) is 7.69. The lowest BCUT2D eigenvalue weighted by molar-refractivity contribution is -0.290. The van der Waals surface area contributed by atoms with Crippen molar-refractivity contribution in [1.82, 2.24) is 29.5 Å². The third-order valence-electron chi connectivity index (χ3n) is 4.68. The molecule has 0 saturated heterocycles. The van der Waals surface area contributed by atoms with E-state index in [-0.39, 0.29) is 28.2 Å². The van der Waals surface area contributed by atoms with Gasteiger partial charge < -0.3 is 4.42 Å². The van der Waals surface area contributed by atoms with Crippen LogP contribution in [-0.4, -0.2) is 35.7 Å². The van der Waals surface area contributed by atoms with E-state index >= 15 is 0 Å². The quantitative estimate of drug-likeness (QED) is 0.291. The van der Waals surface area contributed by atoms with Gasteiger partial charge in [-0.25, -0.2) is 15.0 Å². The maximum atomic E-state index is 14.3. The van der Waals surface area contributed by atoms with Gasteiger partial charge in [0.25, 0.3) is 5.89 Å². The molecule has 0 atom stereocenters. The fourth-order valence-electron chi connectivity index (χ4n) is 3.13. The zero-order valence-corrected chi connectivity index (χ0v) is 16.8. The first-order valence-corrected chi connectivity index (χ1v) is 9.82. The molecule has 0 spiro atoms. The van der Waals surface area contributed by atoms with Gasteiger partial charge >= 0.3 is 18.3 Å². The molecule has 0 aliphatic carbocycles. The van der Waals surface area contributed by atoms with Crippen LogP contribution in [0.3, 0.4) is 0 Å². The Kier molecular flexibility index (Phi) is 4.65. The van der Waals surface area contributed by atoms with Gasteiger partial charge in [0.15, 0.2) is 5.69 Å². The summed E-state index contributed by atoms with van der Waals surface area (Å²) in [7, 11) is 0. The van der Waals surface area contributed by atoms with E-state index in [4.69, 9.17) is 4.42 Å². The smallest absolute Gasteiger partial charge is 0.422 e. The molecule has 34 heavy (non-hydrogen) atoms. The van der Waals surface area contributed by atoms with Crippen LogP contribution in [0.25, 0.3) is 38.8 Å². The molecule has 7 nitrogen and oxygen atoms in total. The van der Waals surface area contributed by atoms with Gasteiger partial charge in [-0.15, -0.1) is 21.5 Å². The largest absolute Gasteiger partial charge is 0.459 e. The monoisotopic (exact) mass is 506 g/mol. The number of hydrogen-bond acceptors (Lipinski definition) is 7. The summed E-state index contributed by atoms with van der Waals surface area (Å²) >= 11 is 0.437. The zero-order valence-electron chi connectivity index (χ0n) is 16.0. The molecule has 0 aromatic carbocycles. The summed E-state index contributed by atoms with van der Waals surface area (Å²) < 4.78 is 113. The van der Waals surface area contributed by atoms with Crippen molar-refractivity contribution in [3.63, 3.8) is 0 Å². The highest BCUT2D eigenvalue weighted by Gasteiger charge is 2.60. The Morgan fingerprint density at radius 2 is 1.68 bits per heavy atom.